The van der Waals surface area contributed by atoms with Gasteiger partial charge in [0.2, 0.25) is 0 Å². The van der Waals surface area contributed by atoms with Crippen LogP contribution in [0.2, 0.25) is 5.02 Å². The van der Waals surface area contributed by atoms with Gasteiger partial charge >= 0.3 is 17.1 Å². The number of hydrogen-bond acceptors (Lipinski definition) is 6. The molecule has 0 aliphatic rings. The van der Waals surface area contributed by atoms with Crippen molar-refractivity contribution in [3.63, 3.8) is 0 Å². The number of halogens is 1. The maximum Gasteiger partial charge on any atom is 2.00 e. The molecule has 0 unspecified atom stereocenters. The summed E-state index contributed by atoms with van der Waals surface area (Å²) in [5, 5.41) is 19.0. The summed E-state index contributed by atoms with van der Waals surface area (Å²) in [7, 11) is 1.66. The molecule has 0 bridgehead atoms. The number of nitrogens with one attached hydrogen (secondary N) is 1. The number of hydrogen-bond donors (Lipinski definition) is 2. The van der Waals surface area contributed by atoms with Crippen LogP contribution in [0.15, 0.2) is 44.7 Å². The topological polar surface area (TPSA) is 87.5 Å². The van der Waals surface area contributed by atoms with E-state index < -0.39 is 0 Å². The Labute approximate surface area is 155 Å². The van der Waals surface area contributed by atoms with E-state index in [4.69, 9.17) is 30.0 Å². The molecule has 0 amide bonds. The first-order valence-corrected chi connectivity index (χ1v) is 6.95. The van der Waals surface area contributed by atoms with Gasteiger partial charge in [-0.2, -0.15) is 15.3 Å². The fraction of sp³-hybridized carbons (Fsp3) is 0.167. The molecule has 0 saturated heterocycles. The molecule has 1 rings (SSSR count). The fourth-order valence-electron chi connectivity index (χ4n) is 1.26. The van der Waals surface area contributed by atoms with Crippen LogP contribution in [-0.2, 0) is 42.3 Å². The molecule has 0 heterocycles. The minimum atomic E-state index is -0.0625. The van der Waals surface area contributed by atoms with Gasteiger partial charge in [0.15, 0.2) is 0 Å². The number of amidine groups is 2. The summed E-state index contributed by atoms with van der Waals surface area (Å²) in [6, 6.07) is 7.05. The van der Waals surface area contributed by atoms with Gasteiger partial charge in [-0.3, -0.25) is 0 Å². The second-order valence-electron chi connectivity index (χ2n) is 3.73. The van der Waals surface area contributed by atoms with Crippen molar-refractivity contribution >= 4 is 58.6 Å². The minimum Gasteiger partial charge on any atom is -0.741 e. The van der Waals surface area contributed by atoms with Gasteiger partial charge in [0.1, 0.15) is 5.71 Å². The minimum absolute atomic E-state index is 0. The summed E-state index contributed by atoms with van der Waals surface area (Å²) < 4.78 is 0. The molecule has 121 valence electrons. The van der Waals surface area contributed by atoms with E-state index in [0.717, 1.165) is 5.56 Å². The van der Waals surface area contributed by atoms with Crippen LogP contribution in [0.4, 0.5) is 0 Å². The van der Waals surface area contributed by atoms with Crippen molar-refractivity contribution in [1.82, 2.24) is 5.32 Å². The monoisotopic (exact) mass is 403 g/mol. The average molecular weight is 404 g/mol. The molecule has 22 heavy (non-hydrogen) atoms. The SMILES string of the molecule is CN/C([S-])=N/N=C(/C(C)=N/N=C(/N)[S-])c1ccc(Cl)cc1.[Cu+2]. The molecular formula is C12H13ClCuN6S2. The van der Waals surface area contributed by atoms with E-state index in [0.29, 0.717) is 16.4 Å². The average Bonchev–Trinajstić information content (AvgIpc) is 2.46. The zero-order valence-corrected chi connectivity index (χ0v) is 15.0. The van der Waals surface area contributed by atoms with Crippen molar-refractivity contribution in [2.75, 3.05) is 7.05 Å². The van der Waals surface area contributed by atoms with Crippen LogP contribution in [0.1, 0.15) is 12.5 Å². The first-order valence-electron chi connectivity index (χ1n) is 5.75. The summed E-state index contributed by atoms with van der Waals surface area (Å²) in [4.78, 5) is 0. The van der Waals surface area contributed by atoms with E-state index in [1.165, 1.54) is 0 Å². The summed E-state index contributed by atoms with van der Waals surface area (Å²) in [5.74, 6) is 0. The molecule has 0 saturated carbocycles. The first kappa shape index (κ1) is 20.7. The predicted molar refractivity (Wildman–Crippen MR) is 93.9 cm³/mol. The number of nitrogens with zero attached hydrogens (tertiary/aromatic N) is 4. The predicted octanol–water partition coefficient (Wildman–Crippen LogP) is 1.40. The van der Waals surface area contributed by atoms with Crippen molar-refractivity contribution in [1.29, 1.82) is 0 Å². The van der Waals surface area contributed by atoms with Crippen LogP contribution < -0.4 is 11.1 Å². The number of benzene rings is 1. The van der Waals surface area contributed by atoms with E-state index in [9.17, 15) is 0 Å². The third-order valence-corrected chi connectivity index (χ3v) is 2.83. The molecule has 0 fully saturated rings. The van der Waals surface area contributed by atoms with Crippen molar-refractivity contribution in [3.05, 3.63) is 34.9 Å². The van der Waals surface area contributed by atoms with Crippen molar-refractivity contribution in [2.24, 2.45) is 26.1 Å². The smallest absolute Gasteiger partial charge is 0.741 e. The zero-order chi connectivity index (χ0) is 15.8. The van der Waals surface area contributed by atoms with E-state index in [-0.39, 0.29) is 27.4 Å². The van der Waals surface area contributed by atoms with Crippen LogP contribution in [0.5, 0.6) is 0 Å². The van der Waals surface area contributed by atoms with Crippen LogP contribution in [-0.4, -0.2) is 28.8 Å². The van der Waals surface area contributed by atoms with Gasteiger partial charge < -0.3 is 36.3 Å². The molecule has 0 spiro atoms. The van der Waals surface area contributed by atoms with Crippen molar-refractivity contribution in [3.8, 4) is 0 Å². The molecule has 0 aromatic heterocycles. The second kappa shape index (κ2) is 10.5. The number of rotatable bonds is 4. The molecule has 1 aromatic carbocycles. The third-order valence-electron chi connectivity index (χ3n) is 2.21. The van der Waals surface area contributed by atoms with Crippen molar-refractivity contribution in [2.45, 2.75) is 6.92 Å². The van der Waals surface area contributed by atoms with Crippen LogP contribution in [0, 0.1) is 0 Å². The van der Waals surface area contributed by atoms with Gasteiger partial charge in [0.05, 0.1) is 5.71 Å². The molecule has 0 aliphatic carbocycles. The van der Waals surface area contributed by atoms with Gasteiger partial charge in [-0.15, -0.1) is 5.10 Å². The molecule has 10 heteroatoms. The van der Waals surface area contributed by atoms with Crippen molar-refractivity contribution < 1.29 is 17.1 Å². The maximum atomic E-state index is 5.87. The number of nitrogens with two attached hydrogens (primary N) is 1. The van der Waals surface area contributed by atoms with Crippen LogP contribution in [0.25, 0.3) is 0 Å². The summed E-state index contributed by atoms with van der Waals surface area (Å²) >= 11 is 15.5. The Morgan fingerprint density at radius 1 is 1.09 bits per heavy atom. The molecule has 3 N–H and O–H groups in total. The third kappa shape index (κ3) is 7.15. The molecule has 1 aromatic rings. The maximum absolute atomic E-state index is 5.87. The van der Waals surface area contributed by atoms with E-state index in [2.05, 4.69) is 38.4 Å². The van der Waals surface area contributed by atoms with Gasteiger partial charge in [0.25, 0.3) is 0 Å². The van der Waals surface area contributed by atoms with Gasteiger partial charge in [-0.25, -0.2) is 0 Å². The molecule has 0 aliphatic heterocycles. The standard InChI is InChI=1S/C12H15ClN6S2.Cu/c1-7(16-18-11(14)20)10(17-19-12(21)15-2)8-3-5-9(13)6-4-8;/h3-6H,1-2H3,(H3,14,18,20)(H2,15,19,21);/q;+2/p-2/b16-7+,17-10-;. The van der Waals surface area contributed by atoms with Gasteiger partial charge in [-0.1, -0.05) is 23.7 Å². The summed E-state index contributed by atoms with van der Waals surface area (Å²) in [6.07, 6.45) is 0. The Morgan fingerprint density at radius 2 is 1.68 bits per heavy atom. The van der Waals surface area contributed by atoms with E-state index >= 15 is 0 Å². The van der Waals surface area contributed by atoms with Gasteiger partial charge in [-0.05, 0) is 29.4 Å². The quantitative estimate of drug-likeness (QED) is 0.261. The summed E-state index contributed by atoms with van der Waals surface area (Å²) in [5.41, 5.74) is 7.04. The fourth-order valence-corrected chi connectivity index (χ4v) is 1.47. The molecule has 6 nitrogen and oxygen atoms in total. The molecule has 1 radical (unpaired) electrons. The Morgan fingerprint density at radius 3 is 2.18 bits per heavy atom. The van der Waals surface area contributed by atoms with E-state index in [1.54, 1.807) is 38.2 Å². The molecular weight excluding hydrogens is 391 g/mol. The normalized spacial score (nSPS) is 13.6. The van der Waals surface area contributed by atoms with E-state index in [1.807, 2.05) is 0 Å². The summed E-state index contributed by atoms with van der Waals surface area (Å²) in [6.45, 7) is 1.72. The Balaban J connectivity index is 0.00000441. The Bertz CT molecular complexity index is 609. The first-order chi connectivity index (χ1) is 9.93. The Hall–Kier alpha value is -1.25. The van der Waals surface area contributed by atoms with Crippen LogP contribution in [0.3, 0.4) is 0 Å². The largest absolute Gasteiger partial charge is 2.00 e. The van der Waals surface area contributed by atoms with Gasteiger partial charge in [0, 0.05) is 17.6 Å². The van der Waals surface area contributed by atoms with Crippen LogP contribution >= 0.6 is 11.6 Å². The zero-order valence-electron chi connectivity index (χ0n) is 11.7. The second-order valence-corrected chi connectivity index (χ2v) is 4.98. The Kier molecular flexibility index (Phi) is 9.88. The molecule has 0 atom stereocenters.